The molecule has 0 radical (unpaired) electrons. The van der Waals surface area contributed by atoms with Crippen molar-refractivity contribution in [2.75, 3.05) is 19.8 Å². The second kappa shape index (κ2) is 6.77. The molecule has 2 rings (SSSR count). The normalized spacial score (nSPS) is 24.0. The number of rotatable bonds is 5. The van der Waals surface area contributed by atoms with Gasteiger partial charge in [-0.2, -0.15) is 4.31 Å². The first-order valence-corrected chi connectivity index (χ1v) is 8.76. The molecule has 1 N–H and O–H groups in total. The van der Waals surface area contributed by atoms with Crippen molar-refractivity contribution in [1.29, 1.82) is 0 Å². The van der Waals surface area contributed by atoms with Crippen molar-refractivity contribution in [3.05, 3.63) is 24.3 Å². The third kappa shape index (κ3) is 3.56. The van der Waals surface area contributed by atoms with Gasteiger partial charge < -0.3 is 9.84 Å². The highest BCUT2D eigenvalue weighted by molar-refractivity contribution is 7.89. The Balaban J connectivity index is 2.19. The molecular formula is C15H23NO4S. The smallest absolute Gasteiger partial charge is 0.243 e. The minimum Gasteiger partial charge on any atom is -0.491 e. The van der Waals surface area contributed by atoms with Gasteiger partial charge in [-0.25, -0.2) is 8.42 Å². The SMILES string of the molecule is CC1CCCN(S(=O)(=O)c2ccc(OCCO)cc2)C1C. The Morgan fingerprint density at radius 2 is 1.95 bits per heavy atom. The molecule has 1 saturated heterocycles. The lowest BCUT2D eigenvalue weighted by Gasteiger charge is -2.36. The molecule has 21 heavy (non-hydrogen) atoms. The Morgan fingerprint density at radius 1 is 1.29 bits per heavy atom. The van der Waals surface area contributed by atoms with Crippen LogP contribution in [0.2, 0.25) is 0 Å². The van der Waals surface area contributed by atoms with Crippen LogP contribution >= 0.6 is 0 Å². The van der Waals surface area contributed by atoms with Crippen molar-refractivity contribution in [2.24, 2.45) is 5.92 Å². The lowest BCUT2D eigenvalue weighted by Crippen LogP contribution is -2.45. The molecule has 0 aromatic heterocycles. The fraction of sp³-hybridized carbons (Fsp3) is 0.600. The van der Waals surface area contributed by atoms with E-state index in [1.54, 1.807) is 28.6 Å². The highest BCUT2D eigenvalue weighted by Crippen LogP contribution is 2.29. The monoisotopic (exact) mass is 313 g/mol. The number of aliphatic hydroxyl groups is 1. The maximum Gasteiger partial charge on any atom is 0.243 e. The molecule has 1 aromatic carbocycles. The standard InChI is InChI=1S/C15H23NO4S/c1-12-4-3-9-16(13(12)2)21(18,19)15-7-5-14(6-8-15)20-11-10-17/h5-8,12-13,17H,3-4,9-11H2,1-2H3. The van der Waals surface area contributed by atoms with Crippen molar-refractivity contribution < 1.29 is 18.3 Å². The molecule has 2 atom stereocenters. The van der Waals surface area contributed by atoms with Gasteiger partial charge in [0.2, 0.25) is 10.0 Å². The summed E-state index contributed by atoms with van der Waals surface area (Å²) in [6.45, 7) is 4.78. The highest BCUT2D eigenvalue weighted by Gasteiger charge is 2.34. The Morgan fingerprint density at radius 3 is 2.57 bits per heavy atom. The molecule has 1 fully saturated rings. The highest BCUT2D eigenvalue weighted by atomic mass is 32.2. The van der Waals surface area contributed by atoms with Gasteiger partial charge in [-0.15, -0.1) is 0 Å². The molecule has 2 unspecified atom stereocenters. The molecule has 1 heterocycles. The van der Waals surface area contributed by atoms with Crippen LogP contribution in [-0.4, -0.2) is 43.6 Å². The molecule has 1 aliphatic heterocycles. The van der Waals surface area contributed by atoms with Gasteiger partial charge in [-0.3, -0.25) is 0 Å². The third-order valence-electron chi connectivity index (χ3n) is 4.11. The zero-order chi connectivity index (χ0) is 15.5. The molecule has 0 bridgehead atoms. The number of aliphatic hydroxyl groups excluding tert-OH is 1. The van der Waals surface area contributed by atoms with Crippen LogP contribution in [0.5, 0.6) is 5.75 Å². The summed E-state index contributed by atoms with van der Waals surface area (Å²) in [6.07, 6.45) is 1.98. The van der Waals surface area contributed by atoms with Gasteiger partial charge in [-0.1, -0.05) is 6.92 Å². The summed E-state index contributed by atoms with van der Waals surface area (Å²) in [4.78, 5) is 0.291. The van der Waals surface area contributed by atoms with E-state index in [-0.39, 0.29) is 19.3 Å². The van der Waals surface area contributed by atoms with Crippen LogP contribution in [0.15, 0.2) is 29.2 Å². The average Bonchev–Trinajstić information content (AvgIpc) is 2.48. The van der Waals surface area contributed by atoms with E-state index in [1.165, 1.54) is 0 Å². The van der Waals surface area contributed by atoms with E-state index in [2.05, 4.69) is 6.92 Å². The zero-order valence-electron chi connectivity index (χ0n) is 12.5. The predicted molar refractivity (Wildman–Crippen MR) is 80.8 cm³/mol. The van der Waals surface area contributed by atoms with Crippen LogP contribution in [0.25, 0.3) is 0 Å². The first kappa shape index (κ1) is 16.3. The van der Waals surface area contributed by atoms with Crippen molar-refractivity contribution in [2.45, 2.75) is 37.6 Å². The number of piperidine rings is 1. The summed E-state index contributed by atoms with van der Waals surface area (Å²) in [5.74, 6) is 0.934. The van der Waals surface area contributed by atoms with Gasteiger partial charge in [0.1, 0.15) is 12.4 Å². The maximum atomic E-state index is 12.7. The molecular weight excluding hydrogens is 290 g/mol. The lowest BCUT2D eigenvalue weighted by atomic mass is 9.94. The predicted octanol–water partition coefficient (Wildman–Crippen LogP) is 1.87. The topological polar surface area (TPSA) is 66.8 Å². The van der Waals surface area contributed by atoms with Crippen molar-refractivity contribution in [3.8, 4) is 5.75 Å². The Hall–Kier alpha value is -1.11. The van der Waals surface area contributed by atoms with Gasteiger partial charge in [-0.05, 0) is 49.9 Å². The lowest BCUT2D eigenvalue weighted by molar-refractivity contribution is 0.200. The fourth-order valence-corrected chi connectivity index (χ4v) is 4.41. The maximum absolute atomic E-state index is 12.7. The molecule has 0 spiro atoms. The van der Waals surface area contributed by atoms with Crippen LogP contribution in [0.1, 0.15) is 26.7 Å². The second-order valence-corrected chi connectivity index (χ2v) is 7.41. The molecule has 0 amide bonds. The minimum absolute atomic E-state index is 0.0223. The van der Waals surface area contributed by atoms with Crippen molar-refractivity contribution >= 4 is 10.0 Å². The van der Waals surface area contributed by atoms with Gasteiger partial charge in [0, 0.05) is 12.6 Å². The van der Waals surface area contributed by atoms with Gasteiger partial charge in [0.25, 0.3) is 0 Å². The summed E-state index contributed by atoms with van der Waals surface area (Å²) in [6, 6.07) is 6.40. The van der Waals surface area contributed by atoms with Crippen LogP contribution in [-0.2, 0) is 10.0 Å². The quantitative estimate of drug-likeness (QED) is 0.901. The molecule has 1 aliphatic rings. The van der Waals surface area contributed by atoms with Crippen molar-refractivity contribution in [1.82, 2.24) is 4.31 Å². The molecule has 5 nitrogen and oxygen atoms in total. The molecule has 0 saturated carbocycles. The van der Waals surface area contributed by atoms with Crippen LogP contribution in [0, 0.1) is 5.92 Å². The first-order valence-electron chi connectivity index (χ1n) is 7.32. The van der Waals surface area contributed by atoms with Crippen LogP contribution < -0.4 is 4.74 Å². The van der Waals surface area contributed by atoms with E-state index in [9.17, 15) is 8.42 Å². The van der Waals surface area contributed by atoms with E-state index in [0.717, 1.165) is 12.8 Å². The number of benzene rings is 1. The fourth-order valence-electron chi connectivity index (χ4n) is 2.64. The van der Waals surface area contributed by atoms with Crippen molar-refractivity contribution in [3.63, 3.8) is 0 Å². The van der Waals surface area contributed by atoms with E-state index < -0.39 is 10.0 Å². The third-order valence-corrected chi connectivity index (χ3v) is 6.11. The summed E-state index contributed by atoms with van der Waals surface area (Å²) < 4.78 is 32.3. The van der Waals surface area contributed by atoms with E-state index in [0.29, 0.717) is 23.1 Å². The van der Waals surface area contributed by atoms with E-state index >= 15 is 0 Å². The van der Waals surface area contributed by atoms with E-state index in [4.69, 9.17) is 9.84 Å². The largest absolute Gasteiger partial charge is 0.491 e. The molecule has 0 aliphatic carbocycles. The summed E-state index contributed by atoms with van der Waals surface area (Å²) >= 11 is 0. The Kier molecular flexibility index (Phi) is 5.24. The number of hydrogen-bond donors (Lipinski definition) is 1. The number of ether oxygens (including phenoxy) is 1. The number of hydrogen-bond acceptors (Lipinski definition) is 4. The van der Waals surface area contributed by atoms with Gasteiger partial charge in [0.15, 0.2) is 0 Å². The minimum atomic E-state index is -3.45. The number of sulfonamides is 1. The summed E-state index contributed by atoms with van der Waals surface area (Å²) in [7, 11) is -3.45. The van der Waals surface area contributed by atoms with Crippen LogP contribution in [0.3, 0.4) is 0 Å². The van der Waals surface area contributed by atoms with Crippen LogP contribution in [0.4, 0.5) is 0 Å². The number of nitrogens with zero attached hydrogens (tertiary/aromatic N) is 1. The molecule has 6 heteroatoms. The van der Waals surface area contributed by atoms with E-state index in [1.807, 2.05) is 6.92 Å². The Labute approximate surface area is 126 Å². The molecule has 1 aromatic rings. The first-order chi connectivity index (χ1) is 9.96. The zero-order valence-corrected chi connectivity index (χ0v) is 13.3. The summed E-state index contributed by atoms with van der Waals surface area (Å²) in [5.41, 5.74) is 0. The Bertz CT molecular complexity index is 556. The summed E-state index contributed by atoms with van der Waals surface area (Å²) in [5, 5.41) is 8.71. The average molecular weight is 313 g/mol. The second-order valence-electron chi connectivity index (χ2n) is 5.52. The molecule has 118 valence electrons. The van der Waals surface area contributed by atoms with Gasteiger partial charge >= 0.3 is 0 Å². The van der Waals surface area contributed by atoms with Gasteiger partial charge in [0.05, 0.1) is 11.5 Å².